The van der Waals surface area contributed by atoms with Crippen LogP contribution in [0.15, 0.2) is 9.85 Å². The second-order valence-corrected chi connectivity index (χ2v) is 9.36. The molecule has 0 aliphatic carbocycles. The Bertz CT molecular complexity index is 510. The van der Waals surface area contributed by atoms with Gasteiger partial charge < -0.3 is 5.32 Å². The van der Waals surface area contributed by atoms with Crippen LogP contribution in [0.4, 0.5) is 0 Å². The number of sulfone groups is 1. The first-order chi connectivity index (χ1) is 7.93. The van der Waals surface area contributed by atoms with E-state index >= 15 is 0 Å². The van der Waals surface area contributed by atoms with E-state index < -0.39 is 9.84 Å². The van der Waals surface area contributed by atoms with Crippen LogP contribution in [-0.2, 0) is 9.84 Å². The zero-order valence-corrected chi connectivity index (χ0v) is 13.1. The summed E-state index contributed by atoms with van der Waals surface area (Å²) in [6.07, 6.45) is 0.765. The maximum Gasteiger partial charge on any atom is 0.150 e. The van der Waals surface area contributed by atoms with Gasteiger partial charge in [-0.25, -0.2) is 8.42 Å². The van der Waals surface area contributed by atoms with Crippen LogP contribution in [0.2, 0.25) is 0 Å². The van der Waals surface area contributed by atoms with Crippen molar-refractivity contribution in [2.45, 2.75) is 19.4 Å². The van der Waals surface area contributed by atoms with E-state index in [1.165, 1.54) is 10.4 Å². The smallest absolute Gasteiger partial charge is 0.150 e. The van der Waals surface area contributed by atoms with E-state index in [-0.39, 0.29) is 12.0 Å². The Kier molecular flexibility index (Phi) is 3.97. The lowest BCUT2D eigenvalue weighted by atomic mass is 9.93. The summed E-state index contributed by atoms with van der Waals surface area (Å²) in [6, 6.07) is 2.25. The Balaban J connectivity index is 2.26. The number of halogens is 1. The Morgan fingerprint density at radius 2 is 2.29 bits per heavy atom. The third kappa shape index (κ3) is 2.92. The Hall–Kier alpha value is 0.0900. The molecule has 1 aliphatic rings. The molecule has 0 bridgehead atoms. The molecule has 1 aliphatic heterocycles. The van der Waals surface area contributed by atoms with Gasteiger partial charge in [0.25, 0.3) is 0 Å². The van der Waals surface area contributed by atoms with Crippen LogP contribution in [0.3, 0.4) is 0 Å². The van der Waals surface area contributed by atoms with Crippen LogP contribution in [0.25, 0.3) is 0 Å². The van der Waals surface area contributed by atoms with E-state index in [0.29, 0.717) is 11.5 Å². The van der Waals surface area contributed by atoms with Crippen LogP contribution in [0.5, 0.6) is 0 Å². The van der Waals surface area contributed by atoms with Gasteiger partial charge in [-0.2, -0.15) is 0 Å². The number of rotatable bonds is 3. The minimum Gasteiger partial charge on any atom is -0.313 e. The normalized spacial score (nSPS) is 25.0. The summed E-state index contributed by atoms with van der Waals surface area (Å²) in [5.74, 6) is 0.844. The highest BCUT2D eigenvalue weighted by atomic mass is 79.9. The molecule has 0 amide bonds. The predicted octanol–water partition coefficient (Wildman–Crippen LogP) is 2.51. The molecule has 0 spiro atoms. The van der Waals surface area contributed by atoms with Crippen molar-refractivity contribution in [2.75, 3.05) is 18.6 Å². The summed E-state index contributed by atoms with van der Waals surface area (Å²) in [5, 5.41) is 3.27. The molecule has 0 aromatic carbocycles. The fourth-order valence-corrected chi connectivity index (χ4v) is 6.10. The van der Waals surface area contributed by atoms with Crippen molar-refractivity contribution in [2.24, 2.45) is 5.92 Å². The summed E-state index contributed by atoms with van der Waals surface area (Å²) in [6.45, 7) is 2.08. The third-order valence-electron chi connectivity index (χ3n) is 3.31. The van der Waals surface area contributed by atoms with Crippen LogP contribution in [0, 0.1) is 12.8 Å². The lowest BCUT2D eigenvalue weighted by Gasteiger charge is -2.22. The molecule has 1 aromatic heterocycles. The number of thiophene rings is 1. The lowest BCUT2D eigenvalue weighted by molar-refractivity contribution is 0.418. The van der Waals surface area contributed by atoms with Gasteiger partial charge in [0, 0.05) is 10.9 Å². The van der Waals surface area contributed by atoms with E-state index in [2.05, 4.69) is 34.2 Å². The van der Waals surface area contributed by atoms with E-state index in [0.717, 1.165) is 10.2 Å². The van der Waals surface area contributed by atoms with Gasteiger partial charge in [-0.1, -0.05) is 0 Å². The maximum atomic E-state index is 11.5. The molecular weight excluding hydrogens is 322 g/mol. The number of aryl methyl sites for hydroxylation is 1. The third-order valence-corrected chi connectivity index (χ3v) is 6.67. The van der Waals surface area contributed by atoms with Crippen molar-refractivity contribution >= 4 is 37.1 Å². The molecule has 2 unspecified atom stereocenters. The molecule has 1 saturated heterocycles. The van der Waals surface area contributed by atoms with Gasteiger partial charge >= 0.3 is 0 Å². The monoisotopic (exact) mass is 337 g/mol. The Morgan fingerprint density at radius 3 is 2.71 bits per heavy atom. The van der Waals surface area contributed by atoms with Crippen molar-refractivity contribution in [3.05, 3.63) is 20.3 Å². The minimum absolute atomic E-state index is 0.148. The van der Waals surface area contributed by atoms with Crippen molar-refractivity contribution < 1.29 is 8.42 Å². The number of hydrogen-bond acceptors (Lipinski definition) is 4. The zero-order valence-electron chi connectivity index (χ0n) is 9.86. The molecule has 2 atom stereocenters. The summed E-state index contributed by atoms with van der Waals surface area (Å²) < 4.78 is 24.2. The largest absolute Gasteiger partial charge is 0.313 e. The summed E-state index contributed by atoms with van der Waals surface area (Å²) >= 11 is 5.18. The molecule has 2 rings (SSSR count). The van der Waals surface area contributed by atoms with E-state index in [9.17, 15) is 8.42 Å². The van der Waals surface area contributed by atoms with Crippen molar-refractivity contribution in [1.82, 2.24) is 5.32 Å². The number of nitrogens with one attached hydrogen (secondary N) is 1. The zero-order chi connectivity index (χ0) is 12.6. The first-order valence-corrected chi connectivity index (χ1v) is 8.99. The second-order valence-electron chi connectivity index (χ2n) is 4.49. The molecule has 17 heavy (non-hydrogen) atoms. The standard InChI is InChI=1S/C11H16BrNO2S2/c1-7-9(5-10(12)16-7)11(13-2)8-3-4-17(14,15)6-8/h5,8,11,13H,3-4,6H2,1-2H3. The summed E-state index contributed by atoms with van der Waals surface area (Å²) in [5.41, 5.74) is 1.23. The second kappa shape index (κ2) is 4.99. The van der Waals surface area contributed by atoms with Gasteiger partial charge in [-0.15, -0.1) is 11.3 Å². The highest BCUT2D eigenvalue weighted by Crippen LogP contribution is 2.37. The summed E-state index contributed by atoms with van der Waals surface area (Å²) in [4.78, 5) is 1.25. The molecule has 0 saturated carbocycles. The fourth-order valence-electron chi connectivity index (χ4n) is 2.50. The molecule has 1 fully saturated rings. The minimum atomic E-state index is -2.81. The molecule has 6 heteroatoms. The molecule has 3 nitrogen and oxygen atoms in total. The van der Waals surface area contributed by atoms with E-state index in [1.54, 1.807) is 11.3 Å². The van der Waals surface area contributed by atoms with Crippen LogP contribution in [0.1, 0.15) is 22.9 Å². The lowest BCUT2D eigenvalue weighted by Crippen LogP contribution is -2.26. The van der Waals surface area contributed by atoms with Gasteiger partial charge in [0.15, 0.2) is 9.84 Å². The maximum absolute atomic E-state index is 11.5. The van der Waals surface area contributed by atoms with Crippen molar-refractivity contribution in [1.29, 1.82) is 0 Å². The molecule has 0 radical (unpaired) electrons. The highest BCUT2D eigenvalue weighted by molar-refractivity contribution is 9.11. The van der Waals surface area contributed by atoms with E-state index in [1.807, 2.05) is 7.05 Å². The topological polar surface area (TPSA) is 46.2 Å². The SMILES string of the molecule is CNC(c1cc(Br)sc1C)C1CCS(=O)(=O)C1. The van der Waals surface area contributed by atoms with Gasteiger partial charge in [-0.05, 0) is 53.9 Å². The van der Waals surface area contributed by atoms with Gasteiger partial charge in [0.1, 0.15) is 0 Å². The van der Waals surface area contributed by atoms with Crippen LogP contribution >= 0.6 is 27.3 Å². The molecule has 96 valence electrons. The van der Waals surface area contributed by atoms with Crippen molar-refractivity contribution in [3.63, 3.8) is 0 Å². The number of hydrogen-bond donors (Lipinski definition) is 1. The predicted molar refractivity (Wildman–Crippen MR) is 75.3 cm³/mol. The average molecular weight is 338 g/mol. The van der Waals surface area contributed by atoms with Gasteiger partial charge in [-0.3, -0.25) is 0 Å². The fraction of sp³-hybridized carbons (Fsp3) is 0.636. The Morgan fingerprint density at radius 1 is 1.59 bits per heavy atom. The van der Waals surface area contributed by atoms with Gasteiger partial charge in [0.2, 0.25) is 0 Å². The van der Waals surface area contributed by atoms with Crippen LogP contribution < -0.4 is 5.32 Å². The van der Waals surface area contributed by atoms with Crippen LogP contribution in [-0.4, -0.2) is 27.0 Å². The highest BCUT2D eigenvalue weighted by Gasteiger charge is 2.34. The Labute approximate surface area is 115 Å². The van der Waals surface area contributed by atoms with Gasteiger partial charge in [0.05, 0.1) is 15.3 Å². The van der Waals surface area contributed by atoms with E-state index in [4.69, 9.17) is 0 Å². The molecule has 1 aromatic rings. The molecule has 2 heterocycles. The average Bonchev–Trinajstić information content (AvgIpc) is 2.72. The summed E-state index contributed by atoms with van der Waals surface area (Å²) in [7, 11) is -0.910. The molecule has 1 N–H and O–H groups in total. The first kappa shape index (κ1) is 13.5. The quantitative estimate of drug-likeness (QED) is 0.921. The molecular formula is C11H16BrNO2S2. The van der Waals surface area contributed by atoms with Crippen molar-refractivity contribution in [3.8, 4) is 0 Å². The first-order valence-electron chi connectivity index (χ1n) is 5.56.